The van der Waals surface area contributed by atoms with Gasteiger partial charge in [-0.2, -0.15) is 0 Å². The molecule has 1 heterocycles. The van der Waals surface area contributed by atoms with Gasteiger partial charge in [0.05, 0.1) is 6.54 Å². The fraction of sp³-hybridized carbons (Fsp3) is 0.867. The molecule has 2 aliphatic rings. The fourth-order valence-electron chi connectivity index (χ4n) is 3.24. The van der Waals surface area contributed by atoms with Crippen molar-refractivity contribution in [1.29, 1.82) is 0 Å². The maximum atomic E-state index is 12.5. The van der Waals surface area contributed by atoms with Crippen molar-refractivity contribution in [3.8, 4) is 0 Å². The average molecular weight is 266 g/mol. The summed E-state index contributed by atoms with van der Waals surface area (Å²) in [5.41, 5.74) is 0. The number of nitrogens with one attached hydrogen (secondary N) is 1. The molecule has 0 bridgehead atoms. The number of hydrogen-bond donors (Lipinski definition) is 1. The maximum Gasteiger partial charge on any atom is 0.245 e. The second kappa shape index (κ2) is 6.40. The molecule has 1 unspecified atom stereocenters. The van der Waals surface area contributed by atoms with Gasteiger partial charge < -0.3 is 10.2 Å². The first-order valence-electron chi connectivity index (χ1n) is 7.67. The molecule has 0 radical (unpaired) electrons. The van der Waals surface area contributed by atoms with Gasteiger partial charge in [-0.3, -0.25) is 9.59 Å². The lowest BCUT2D eigenvalue weighted by atomic mass is 9.98. The Morgan fingerprint density at radius 2 is 1.79 bits per heavy atom. The van der Waals surface area contributed by atoms with Crippen LogP contribution in [-0.4, -0.2) is 35.3 Å². The van der Waals surface area contributed by atoms with Gasteiger partial charge in [0, 0.05) is 6.04 Å². The van der Waals surface area contributed by atoms with Crippen LogP contribution in [0.1, 0.15) is 58.8 Å². The SMILES string of the molecule is CC(C)CC1NC(=O)CN(C2CCCCCC2)C1=O. The van der Waals surface area contributed by atoms with Crippen LogP contribution in [-0.2, 0) is 9.59 Å². The van der Waals surface area contributed by atoms with E-state index in [1.54, 1.807) is 0 Å². The van der Waals surface area contributed by atoms with Crippen molar-refractivity contribution in [1.82, 2.24) is 10.2 Å². The zero-order valence-corrected chi connectivity index (χ0v) is 12.2. The standard InChI is InChI=1S/C15H26N2O2/c1-11(2)9-13-15(19)17(10-14(18)16-13)12-7-5-3-4-6-8-12/h11-13H,3-10H2,1-2H3,(H,16,18). The lowest BCUT2D eigenvalue weighted by Crippen LogP contribution is -2.60. The Morgan fingerprint density at radius 1 is 1.16 bits per heavy atom. The van der Waals surface area contributed by atoms with Gasteiger partial charge in [0.25, 0.3) is 0 Å². The Kier molecular flexibility index (Phi) is 4.83. The number of hydrogen-bond acceptors (Lipinski definition) is 2. The van der Waals surface area contributed by atoms with Crippen LogP contribution < -0.4 is 5.32 Å². The van der Waals surface area contributed by atoms with Gasteiger partial charge in [-0.05, 0) is 25.2 Å². The molecule has 4 heteroatoms. The molecule has 0 aromatic rings. The van der Waals surface area contributed by atoms with Crippen LogP contribution in [0.15, 0.2) is 0 Å². The van der Waals surface area contributed by atoms with Gasteiger partial charge in [-0.15, -0.1) is 0 Å². The second-order valence-electron chi connectivity index (χ2n) is 6.36. The molecular weight excluding hydrogens is 240 g/mol. The largest absolute Gasteiger partial charge is 0.343 e. The summed E-state index contributed by atoms with van der Waals surface area (Å²) in [6.45, 7) is 4.44. The maximum absolute atomic E-state index is 12.5. The van der Waals surface area contributed by atoms with Crippen LogP contribution in [0.2, 0.25) is 0 Å². The van der Waals surface area contributed by atoms with Crippen molar-refractivity contribution in [3.05, 3.63) is 0 Å². The van der Waals surface area contributed by atoms with E-state index in [-0.39, 0.29) is 30.4 Å². The Balaban J connectivity index is 2.05. The van der Waals surface area contributed by atoms with E-state index in [1.807, 2.05) is 4.90 Å². The lowest BCUT2D eigenvalue weighted by Gasteiger charge is -2.38. The normalized spacial score (nSPS) is 26.5. The molecule has 1 saturated carbocycles. The quantitative estimate of drug-likeness (QED) is 0.795. The van der Waals surface area contributed by atoms with Crippen LogP contribution in [0.4, 0.5) is 0 Å². The van der Waals surface area contributed by atoms with E-state index in [0.717, 1.165) is 19.3 Å². The third-order valence-corrected chi connectivity index (χ3v) is 4.20. The highest BCUT2D eigenvalue weighted by Gasteiger charge is 2.36. The molecular formula is C15H26N2O2. The van der Waals surface area contributed by atoms with Crippen LogP contribution in [0.25, 0.3) is 0 Å². The minimum absolute atomic E-state index is 0.00879. The van der Waals surface area contributed by atoms with Crippen LogP contribution >= 0.6 is 0 Å². The molecule has 0 spiro atoms. The Morgan fingerprint density at radius 3 is 2.37 bits per heavy atom. The summed E-state index contributed by atoms with van der Waals surface area (Å²) in [7, 11) is 0. The second-order valence-corrected chi connectivity index (χ2v) is 6.36. The molecule has 19 heavy (non-hydrogen) atoms. The van der Waals surface area contributed by atoms with E-state index < -0.39 is 0 Å². The third kappa shape index (κ3) is 3.71. The first-order chi connectivity index (χ1) is 9.08. The first-order valence-corrected chi connectivity index (χ1v) is 7.67. The highest BCUT2D eigenvalue weighted by atomic mass is 16.2. The summed E-state index contributed by atoms with van der Waals surface area (Å²) < 4.78 is 0. The molecule has 108 valence electrons. The summed E-state index contributed by atoms with van der Waals surface area (Å²) in [5.74, 6) is 0.568. The van der Waals surface area contributed by atoms with E-state index >= 15 is 0 Å². The highest BCUT2D eigenvalue weighted by Crippen LogP contribution is 2.24. The minimum atomic E-state index is -0.301. The van der Waals surface area contributed by atoms with E-state index in [2.05, 4.69) is 19.2 Å². The van der Waals surface area contributed by atoms with Crippen LogP contribution in [0, 0.1) is 5.92 Å². The fourth-order valence-corrected chi connectivity index (χ4v) is 3.24. The Labute approximate surface area is 115 Å². The molecule has 1 aliphatic carbocycles. The van der Waals surface area contributed by atoms with Gasteiger partial charge in [-0.25, -0.2) is 0 Å². The van der Waals surface area contributed by atoms with Crippen molar-refractivity contribution in [2.75, 3.05) is 6.54 Å². The molecule has 0 aromatic carbocycles. The molecule has 2 amide bonds. The summed E-state index contributed by atoms with van der Waals surface area (Å²) in [4.78, 5) is 26.2. The van der Waals surface area contributed by atoms with Crippen molar-refractivity contribution in [3.63, 3.8) is 0 Å². The molecule has 2 fully saturated rings. The molecule has 1 aliphatic heterocycles. The highest BCUT2D eigenvalue weighted by molar-refractivity contribution is 5.95. The molecule has 1 N–H and O–H groups in total. The molecule has 2 rings (SSSR count). The van der Waals surface area contributed by atoms with Crippen molar-refractivity contribution < 1.29 is 9.59 Å². The van der Waals surface area contributed by atoms with Gasteiger partial charge in [0.15, 0.2) is 0 Å². The molecule has 0 aromatic heterocycles. The number of rotatable bonds is 3. The number of nitrogens with zero attached hydrogens (tertiary/aromatic N) is 1. The summed E-state index contributed by atoms with van der Waals surface area (Å²) >= 11 is 0. The van der Waals surface area contributed by atoms with Crippen LogP contribution in [0.5, 0.6) is 0 Å². The first kappa shape index (κ1) is 14.4. The zero-order chi connectivity index (χ0) is 13.8. The zero-order valence-electron chi connectivity index (χ0n) is 12.2. The van der Waals surface area contributed by atoms with Crippen molar-refractivity contribution in [2.45, 2.75) is 70.9 Å². The van der Waals surface area contributed by atoms with Gasteiger partial charge >= 0.3 is 0 Å². The lowest BCUT2D eigenvalue weighted by molar-refractivity contribution is -0.147. The number of amides is 2. The smallest absolute Gasteiger partial charge is 0.245 e. The summed E-state index contributed by atoms with van der Waals surface area (Å²) in [5, 5.41) is 2.85. The van der Waals surface area contributed by atoms with Gasteiger partial charge in [0.1, 0.15) is 6.04 Å². The molecule has 1 atom stereocenters. The van der Waals surface area contributed by atoms with E-state index in [0.29, 0.717) is 5.92 Å². The van der Waals surface area contributed by atoms with Crippen molar-refractivity contribution >= 4 is 11.8 Å². The third-order valence-electron chi connectivity index (χ3n) is 4.20. The van der Waals surface area contributed by atoms with Crippen LogP contribution in [0.3, 0.4) is 0 Å². The van der Waals surface area contributed by atoms with Crippen molar-refractivity contribution in [2.24, 2.45) is 5.92 Å². The van der Waals surface area contributed by atoms with Gasteiger partial charge in [0.2, 0.25) is 11.8 Å². The van der Waals surface area contributed by atoms with E-state index in [9.17, 15) is 9.59 Å². The number of carbonyl (C=O) groups excluding carboxylic acids is 2. The minimum Gasteiger partial charge on any atom is -0.343 e. The number of carbonyl (C=O) groups is 2. The summed E-state index contributed by atoms with van der Waals surface area (Å²) in [6.07, 6.45) is 7.77. The molecule has 4 nitrogen and oxygen atoms in total. The van der Waals surface area contributed by atoms with E-state index in [1.165, 1.54) is 25.7 Å². The van der Waals surface area contributed by atoms with Gasteiger partial charge in [-0.1, -0.05) is 39.5 Å². The predicted molar refractivity (Wildman–Crippen MR) is 74.6 cm³/mol. The number of piperazine rings is 1. The Hall–Kier alpha value is -1.06. The molecule has 1 saturated heterocycles. The Bertz CT molecular complexity index is 333. The van der Waals surface area contributed by atoms with E-state index in [4.69, 9.17) is 0 Å². The summed E-state index contributed by atoms with van der Waals surface area (Å²) in [6, 6.07) is -0.0137. The predicted octanol–water partition coefficient (Wildman–Crippen LogP) is 2.08. The monoisotopic (exact) mass is 266 g/mol. The topological polar surface area (TPSA) is 49.4 Å². The average Bonchev–Trinajstić information content (AvgIpc) is 2.61.